The molecule has 19 heavy (non-hydrogen) atoms. The van der Waals surface area contributed by atoms with E-state index >= 15 is 0 Å². The lowest BCUT2D eigenvalue weighted by Crippen LogP contribution is -2.05. The maximum Gasteiger partial charge on any atom is 0.387 e. The average Bonchev–Trinajstić information content (AvgIpc) is 2.89. The van der Waals surface area contributed by atoms with E-state index in [0.717, 1.165) is 5.69 Å². The van der Waals surface area contributed by atoms with E-state index in [1.54, 1.807) is 17.6 Å². The van der Waals surface area contributed by atoms with Gasteiger partial charge in [0.2, 0.25) is 0 Å². The van der Waals surface area contributed by atoms with Gasteiger partial charge in [-0.15, -0.1) is 11.3 Å². The van der Waals surface area contributed by atoms with E-state index < -0.39 is 6.61 Å². The Kier molecular flexibility index (Phi) is 4.51. The van der Waals surface area contributed by atoms with Crippen molar-refractivity contribution < 1.29 is 18.3 Å². The standard InChI is InChI=1S/C12H12F2N2O2S/c1-17-10-3-2-8(4-11(10)18-12(13)14)15-5-9-6-19-7-16-9/h2-4,6-7,12,15H,5H2,1H3. The topological polar surface area (TPSA) is 43.4 Å². The van der Waals surface area contributed by atoms with Crippen molar-refractivity contribution in [2.75, 3.05) is 12.4 Å². The summed E-state index contributed by atoms with van der Waals surface area (Å²) in [6, 6.07) is 4.77. The molecular weight excluding hydrogens is 274 g/mol. The molecule has 0 bridgehead atoms. The second-order valence-electron chi connectivity index (χ2n) is 3.58. The van der Waals surface area contributed by atoms with Crippen molar-refractivity contribution in [3.05, 3.63) is 34.8 Å². The molecule has 7 heteroatoms. The summed E-state index contributed by atoms with van der Waals surface area (Å²) in [6.07, 6.45) is 0. The first-order chi connectivity index (χ1) is 9.19. The molecule has 0 atom stereocenters. The number of aromatic nitrogens is 1. The van der Waals surface area contributed by atoms with Gasteiger partial charge in [-0.2, -0.15) is 8.78 Å². The van der Waals surface area contributed by atoms with Gasteiger partial charge in [0.15, 0.2) is 11.5 Å². The Morgan fingerprint density at radius 1 is 1.37 bits per heavy atom. The highest BCUT2D eigenvalue weighted by Gasteiger charge is 2.11. The third-order valence-electron chi connectivity index (χ3n) is 2.34. The number of rotatable bonds is 6. The van der Waals surface area contributed by atoms with Crippen LogP contribution in [0.5, 0.6) is 11.5 Å². The van der Waals surface area contributed by atoms with Gasteiger partial charge < -0.3 is 14.8 Å². The number of nitrogens with zero attached hydrogens (tertiary/aromatic N) is 1. The zero-order chi connectivity index (χ0) is 13.7. The van der Waals surface area contributed by atoms with Crippen LogP contribution in [0.2, 0.25) is 0 Å². The summed E-state index contributed by atoms with van der Waals surface area (Å²) in [5.74, 6) is 0.264. The minimum absolute atomic E-state index is 0.000720. The summed E-state index contributed by atoms with van der Waals surface area (Å²) in [5, 5.41) is 4.99. The van der Waals surface area contributed by atoms with Crippen LogP contribution in [-0.2, 0) is 6.54 Å². The van der Waals surface area contributed by atoms with Crippen molar-refractivity contribution in [1.82, 2.24) is 4.98 Å². The molecule has 0 saturated carbocycles. The van der Waals surface area contributed by atoms with Gasteiger partial charge in [0.05, 0.1) is 24.9 Å². The summed E-state index contributed by atoms with van der Waals surface area (Å²) in [5.41, 5.74) is 3.28. The second-order valence-corrected chi connectivity index (χ2v) is 4.30. The molecular formula is C12H12F2N2O2S. The lowest BCUT2D eigenvalue weighted by Gasteiger charge is -2.12. The number of methoxy groups -OCH3 is 1. The van der Waals surface area contributed by atoms with Crippen LogP contribution in [0.25, 0.3) is 0 Å². The number of hydrogen-bond acceptors (Lipinski definition) is 5. The SMILES string of the molecule is COc1ccc(NCc2cscn2)cc1OC(F)F. The van der Waals surface area contributed by atoms with Gasteiger partial charge in [0.25, 0.3) is 0 Å². The number of thiazole rings is 1. The number of nitrogens with one attached hydrogen (secondary N) is 1. The summed E-state index contributed by atoms with van der Waals surface area (Å²) in [4.78, 5) is 4.12. The fourth-order valence-electron chi connectivity index (χ4n) is 1.49. The first-order valence-electron chi connectivity index (χ1n) is 5.43. The highest BCUT2D eigenvalue weighted by molar-refractivity contribution is 7.07. The second kappa shape index (κ2) is 6.33. The number of benzene rings is 1. The number of ether oxygens (including phenoxy) is 2. The lowest BCUT2D eigenvalue weighted by atomic mass is 10.2. The smallest absolute Gasteiger partial charge is 0.387 e. The molecule has 2 aromatic rings. The Balaban J connectivity index is 2.08. The van der Waals surface area contributed by atoms with Crippen LogP contribution in [0.4, 0.5) is 14.5 Å². The molecule has 0 spiro atoms. The predicted octanol–water partition coefficient (Wildman–Crippen LogP) is 3.37. The molecule has 0 radical (unpaired) electrons. The highest BCUT2D eigenvalue weighted by atomic mass is 32.1. The minimum Gasteiger partial charge on any atom is -0.493 e. The summed E-state index contributed by atoms with van der Waals surface area (Å²) >= 11 is 1.50. The van der Waals surface area contributed by atoms with Crippen LogP contribution in [-0.4, -0.2) is 18.7 Å². The van der Waals surface area contributed by atoms with E-state index in [0.29, 0.717) is 12.2 Å². The Hall–Kier alpha value is -1.89. The van der Waals surface area contributed by atoms with Crippen molar-refractivity contribution in [3.63, 3.8) is 0 Å². The number of anilines is 1. The lowest BCUT2D eigenvalue weighted by molar-refractivity contribution is -0.0511. The molecule has 4 nitrogen and oxygen atoms in total. The summed E-state index contributed by atoms with van der Waals surface area (Å²) in [6.45, 7) is -2.37. The Morgan fingerprint density at radius 2 is 2.21 bits per heavy atom. The molecule has 0 unspecified atom stereocenters. The molecule has 0 saturated heterocycles. The highest BCUT2D eigenvalue weighted by Crippen LogP contribution is 2.31. The van der Waals surface area contributed by atoms with Crippen LogP contribution >= 0.6 is 11.3 Å². The summed E-state index contributed by atoms with van der Waals surface area (Å²) in [7, 11) is 1.40. The van der Waals surface area contributed by atoms with Crippen LogP contribution < -0.4 is 14.8 Å². The van der Waals surface area contributed by atoms with E-state index in [2.05, 4.69) is 15.0 Å². The molecule has 2 rings (SSSR count). The van der Waals surface area contributed by atoms with Crippen LogP contribution in [0.3, 0.4) is 0 Å². The van der Waals surface area contributed by atoms with Crippen LogP contribution in [0.15, 0.2) is 29.1 Å². The van der Waals surface area contributed by atoms with Crippen molar-refractivity contribution >= 4 is 17.0 Å². The van der Waals surface area contributed by atoms with Crippen molar-refractivity contribution in [3.8, 4) is 11.5 Å². The van der Waals surface area contributed by atoms with Gasteiger partial charge in [-0.1, -0.05) is 0 Å². The molecule has 1 N–H and O–H groups in total. The molecule has 0 fully saturated rings. The fourth-order valence-corrected chi connectivity index (χ4v) is 2.05. The Morgan fingerprint density at radius 3 is 2.84 bits per heavy atom. The minimum atomic E-state index is -2.89. The van der Waals surface area contributed by atoms with Crippen molar-refractivity contribution in [2.45, 2.75) is 13.2 Å². The number of hydrogen-bond donors (Lipinski definition) is 1. The number of halogens is 2. The van der Waals surface area contributed by atoms with Gasteiger partial charge in [-0.3, -0.25) is 0 Å². The first-order valence-corrected chi connectivity index (χ1v) is 6.37. The van der Waals surface area contributed by atoms with Crippen molar-refractivity contribution in [1.29, 1.82) is 0 Å². The molecule has 0 amide bonds. The predicted molar refractivity (Wildman–Crippen MR) is 69.1 cm³/mol. The number of alkyl halides is 2. The third-order valence-corrected chi connectivity index (χ3v) is 2.97. The van der Waals surface area contributed by atoms with E-state index in [4.69, 9.17) is 4.74 Å². The van der Waals surface area contributed by atoms with E-state index in [1.165, 1.54) is 24.5 Å². The monoisotopic (exact) mass is 286 g/mol. The van der Waals surface area contributed by atoms with Gasteiger partial charge >= 0.3 is 6.61 Å². The quantitative estimate of drug-likeness (QED) is 0.884. The Labute approximate surface area is 113 Å². The average molecular weight is 286 g/mol. The fraction of sp³-hybridized carbons (Fsp3) is 0.250. The molecule has 102 valence electrons. The van der Waals surface area contributed by atoms with E-state index in [-0.39, 0.29) is 11.5 Å². The molecule has 0 aliphatic carbocycles. The maximum absolute atomic E-state index is 12.3. The molecule has 1 heterocycles. The van der Waals surface area contributed by atoms with Gasteiger partial charge in [0, 0.05) is 17.1 Å². The maximum atomic E-state index is 12.3. The zero-order valence-corrected chi connectivity index (χ0v) is 10.9. The van der Waals surface area contributed by atoms with Crippen LogP contribution in [0.1, 0.15) is 5.69 Å². The first kappa shape index (κ1) is 13.5. The van der Waals surface area contributed by atoms with E-state index in [1.807, 2.05) is 5.38 Å². The molecule has 1 aromatic carbocycles. The normalized spacial score (nSPS) is 10.5. The largest absolute Gasteiger partial charge is 0.493 e. The summed E-state index contributed by atoms with van der Waals surface area (Å²) < 4.78 is 33.9. The molecule has 1 aromatic heterocycles. The van der Waals surface area contributed by atoms with Crippen molar-refractivity contribution in [2.24, 2.45) is 0 Å². The van der Waals surface area contributed by atoms with Gasteiger partial charge in [-0.25, -0.2) is 4.98 Å². The Bertz CT molecular complexity index is 520. The third kappa shape index (κ3) is 3.78. The van der Waals surface area contributed by atoms with Gasteiger partial charge in [-0.05, 0) is 12.1 Å². The zero-order valence-electron chi connectivity index (χ0n) is 10.1. The molecule has 0 aliphatic heterocycles. The molecule has 0 aliphatic rings. The van der Waals surface area contributed by atoms with Crippen LogP contribution in [0, 0.1) is 0 Å². The van der Waals surface area contributed by atoms with E-state index in [9.17, 15) is 8.78 Å². The van der Waals surface area contributed by atoms with Gasteiger partial charge in [0.1, 0.15) is 0 Å².